The Balaban J connectivity index is 1.35. The van der Waals surface area contributed by atoms with Gasteiger partial charge in [0.05, 0.1) is 11.1 Å². The van der Waals surface area contributed by atoms with Gasteiger partial charge in [-0.2, -0.15) is 0 Å². The average Bonchev–Trinajstić information content (AvgIpc) is 2.90. The fourth-order valence-electron chi connectivity index (χ4n) is 4.64. The van der Waals surface area contributed by atoms with E-state index in [9.17, 15) is 14.4 Å². The number of piperidine rings is 1. The Morgan fingerprint density at radius 3 is 2.28 bits per heavy atom. The number of nitrogens with zero attached hydrogens (tertiary/aromatic N) is 2. The molecule has 3 amide bonds. The molecule has 0 aromatic heterocycles. The van der Waals surface area contributed by atoms with Crippen LogP contribution in [0.4, 0.5) is 0 Å². The normalized spacial score (nSPS) is 25.8. The molecule has 0 spiro atoms. The first-order valence-electron chi connectivity index (χ1n) is 9.38. The Bertz CT molecular complexity index is 680. The van der Waals surface area contributed by atoms with Gasteiger partial charge in [-0.05, 0) is 36.8 Å². The predicted octanol–water partition coefficient (Wildman–Crippen LogP) is 2.71. The number of carbonyl (C=O) groups is 3. The highest BCUT2D eigenvalue weighted by Gasteiger charge is 2.36. The van der Waals surface area contributed by atoms with Crippen molar-refractivity contribution in [2.45, 2.75) is 38.5 Å². The number of rotatable bonds is 3. The molecule has 0 bridgehead atoms. The van der Waals surface area contributed by atoms with E-state index in [0.717, 1.165) is 25.4 Å². The molecule has 3 aliphatic rings. The number of benzene rings is 1. The fourth-order valence-corrected chi connectivity index (χ4v) is 4.64. The quantitative estimate of drug-likeness (QED) is 0.795. The van der Waals surface area contributed by atoms with Gasteiger partial charge in [0.2, 0.25) is 5.91 Å². The molecule has 1 saturated carbocycles. The molecule has 0 unspecified atom stereocenters. The van der Waals surface area contributed by atoms with Crippen LogP contribution in [-0.4, -0.2) is 47.2 Å². The lowest BCUT2D eigenvalue weighted by molar-refractivity contribution is -0.134. The van der Waals surface area contributed by atoms with Crippen molar-refractivity contribution >= 4 is 17.7 Å². The predicted molar refractivity (Wildman–Crippen MR) is 93.1 cm³/mol. The van der Waals surface area contributed by atoms with Crippen molar-refractivity contribution in [1.29, 1.82) is 0 Å². The van der Waals surface area contributed by atoms with E-state index >= 15 is 0 Å². The third kappa shape index (κ3) is 2.96. The minimum Gasteiger partial charge on any atom is -0.342 e. The summed E-state index contributed by atoms with van der Waals surface area (Å²) in [7, 11) is 0. The molecular formula is C20H24N2O3. The highest BCUT2D eigenvalue weighted by molar-refractivity contribution is 6.21. The number of carbonyl (C=O) groups excluding carboxylic acids is 3. The van der Waals surface area contributed by atoms with E-state index in [1.54, 1.807) is 24.3 Å². The van der Waals surface area contributed by atoms with Crippen LogP contribution in [0.1, 0.15) is 59.2 Å². The van der Waals surface area contributed by atoms with E-state index in [4.69, 9.17) is 0 Å². The fraction of sp³-hybridized carbons (Fsp3) is 0.550. The Kier molecular flexibility index (Phi) is 4.32. The van der Waals surface area contributed by atoms with Crippen molar-refractivity contribution < 1.29 is 14.4 Å². The Hall–Kier alpha value is -2.17. The molecule has 2 atom stereocenters. The molecule has 132 valence electrons. The summed E-state index contributed by atoms with van der Waals surface area (Å²) in [5.74, 6) is 0.944. The summed E-state index contributed by atoms with van der Waals surface area (Å²) in [4.78, 5) is 40.5. The summed E-state index contributed by atoms with van der Waals surface area (Å²) in [6.07, 6.45) is 6.47. The molecule has 5 nitrogen and oxygen atoms in total. The van der Waals surface area contributed by atoms with Gasteiger partial charge in [-0.1, -0.05) is 31.4 Å². The molecule has 1 aromatic carbocycles. The standard InChI is InChI=1S/C20H24N2O3/c23-18(21-11-9-14-5-1-2-6-15(14)13-21)10-12-22-19(24)16-7-3-4-8-17(16)20(22)25/h3-4,7-8,14-15H,1-2,5-6,9-13H2/t14-,15+/m0/s1. The van der Waals surface area contributed by atoms with Crippen LogP contribution < -0.4 is 0 Å². The molecule has 1 saturated heterocycles. The number of hydrogen-bond donors (Lipinski definition) is 0. The molecule has 4 rings (SSSR count). The van der Waals surface area contributed by atoms with Gasteiger partial charge >= 0.3 is 0 Å². The summed E-state index contributed by atoms with van der Waals surface area (Å²) in [5.41, 5.74) is 0.894. The topological polar surface area (TPSA) is 57.7 Å². The van der Waals surface area contributed by atoms with Crippen LogP contribution in [-0.2, 0) is 4.79 Å². The zero-order valence-electron chi connectivity index (χ0n) is 14.4. The molecule has 0 radical (unpaired) electrons. The third-order valence-electron chi connectivity index (χ3n) is 6.07. The Labute approximate surface area is 148 Å². The lowest BCUT2D eigenvalue weighted by Crippen LogP contribution is -2.45. The van der Waals surface area contributed by atoms with E-state index in [2.05, 4.69) is 0 Å². The average molecular weight is 340 g/mol. The maximum absolute atomic E-state index is 12.6. The van der Waals surface area contributed by atoms with Crippen molar-refractivity contribution in [3.8, 4) is 0 Å². The smallest absolute Gasteiger partial charge is 0.261 e. The summed E-state index contributed by atoms with van der Waals surface area (Å²) in [5, 5.41) is 0. The highest BCUT2D eigenvalue weighted by Crippen LogP contribution is 2.36. The molecule has 2 aliphatic heterocycles. The molecule has 1 aromatic rings. The first-order chi connectivity index (χ1) is 12.1. The van der Waals surface area contributed by atoms with Crippen molar-refractivity contribution in [2.75, 3.05) is 19.6 Å². The second kappa shape index (κ2) is 6.62. The third-order valence-corrected chi connectivity index (χ3v) is 6.07. The molecule has 2 fully saturated rings. The van der Waals surface area contributed by atoms with Crippen LogP contribution in [0, 0.1) is 11.8 Å². The first kappa shape index (κ1) is 16.3. The van der Waals surface area contributed by atoms with E-state index in [1.165, 1.54) is 30.6 Å². The first-order valence-corrected chi connectivity index (χ1v) is 9.38. The van der Waals surface area contributed by atoms with Crippen LogP contribution in [0.5, 0.6) is 0 Å². The zero-order chi connectivity index (χ0) is 17.4. The highest BCUT2D eigenvalue weighted by atomic mass is 16.2. The Morgan fingerprint density at radius 2 is 1.60 bits per heavy atom. The van der Waals surface area contributed by atoms with Gasteiger partial charge in [-0.3, -0.25) is 19.3 Å². The van der Waals surface area contributed by atoms with Gasteiger partial charge in [-0.15, -0.1) is 0 Å². The van der Waals surface area contributed by atoms with Crippen LogP contribution in [0.3, 0.4) is 0 Å². The molecule has 2 heterocycles. The monoisotopic (exact) mass is 340 g/mol. The second-order valence-electron chi connectivity index (χ2n) is 7.49. The van der Waals surface area contributed by atoms with Gasteiger partial charge in [0, 0.05) is 26.1 Å². The summed E-state index contributed by atoms with van der Waals surface area (Å²) in [6.45, 7) is 1.85. The minimum absolute atomic E-state index is 0.0700. The molecule has 5 heteroatoms. The van der Waals surface area contributed by atoms with Crippen molar-refractivity contribution in [3.63, 3.8) is 0 Å². The van der Waals surface area contributed by atoms with E-state index in [1.807, 2.05) is 4.90 Å². The van der Waals surface area contributed by atoms with Crippen LogP contribution in [0.25, 0.3) is 0 Å². The van der Waals surface area contributed by atoms with E-state index in [-0.39, 0.29) is 30.7 Å². The maximum Gasteiger partial charge on any atom is 0.261 e. The van der Waals surface area contributed by atoms with Gasteiger partial charge in [-0.25, -0.2) is 0 Å². The molecule has 0 N–H and O–H groups in total. The van der Waals surface area contributed by atoms with Gasteiger partial charge in [0.15, 0.2) is 0 Å². The lowest BCUT2D eigenvalue weighted by Gasteiger charge is -2.41. The van der Waals surface area contributed by atoms with Crippen molar-refractivity contribution in [3.05, 3.63) is 35.4 Å². The SMILES string of the molecule is O=C(CCN1C(=O)c2ccccc2C1=O)N1CC[C@@H]2CCCC[C@@H]2C1. The molecule has 25 heavy (non-hydrogen) atoms. The van der Waals surface area contributed by atoms with Gasteiger partial charge in [0.25, 0.3) is 11.8 Å². The number of fused-ring (bicyclic) bond motifs is 2. The van der Waals surface area contributed by atoms with Gasteiger partial charge < -0.3 is 4.90 Å². The van der Waals surface area contributed by atoms with Crippen LogP contribution in [0.15, 0.2) is 24.3 Å². The summed E-state index contributed by atoms with van der Waals surface area (Å²) < 4.78 is 0. The largest absolute Gasteiger partial charge is 0.342 e. The number of imide groups is 1. The minimum atomic E-state index is -0.278. The van der Waals surface area contributed by atoms with Crippen LogP contribution in [0.2, 0.25) is 0 Å². The number of likely N-dealkylation sites (tertiary alicyclic amines) is 1. The van der Waals surface area contributed by atoms with E-state index in [0.29, 0.717) is 17.0 Å². The van der Waals surface area contributed by atoms with Crippen LogP contribution >= 0.6 is 0 Å². The number of hydrogen-bond acceptors (Lipinski definition) is 3. The lowest BCUT2D eigenvalue weighted by atomic mass is 9.75. The molecular weight excluding hydrogens is 316 g/mol. The summed E-state index contributed by atoms with van der Waals surface area (Å²) >= 11 is 0. The van der Waals surface area contributed by atoms with E-state index < -0.39 is 0 Å². The maximum atomic E-state index is 12.6. The zero-order valence-corrected chi connectivity index (χ0v) is 14.4. The Morgan fingerprint density at radius 1 is 0.960 bits per heavy atom. The summed E-state index contributed by atoms with van der Waals surface area (Å²) in [6, 6.07) is 6.86. The second-order valence-corrected chi connectivity index (χ2v) is 7.49. The van der Waals surface area contributed by atoms with Crippen molar-refractivity contribution in [2.24, 2.45) is 11.8 Å². The van der Waals surface area contributed by atoms with Gasteiger partial charge in [0.1, 0.15) is 0 Å². The number of amides is 3. The molecule has 1 aliphatic carbocycles. The van der Waals surface area contributed by atoms with Crippen molar-refractivity contribution in [1.82, 2.24) is 9.80 Å².